The second-order valence-electron chi connectivity index (χ2n) is 15.3. The highest BCUT2D eigenvalue weighted by molar-refractivity contribution is 7.89. The maximum absolute atomic E-state index is 14.0. The second-order valence-corrected chi connectivity index (χ2v) is 17.0. The average Bonchev–Trinajstić information content (AvgIpc) is 3.25. The molecule has 0 saturated carbocycles. The van der Waals surface area contributed by atoms with Gasteiger partial charge in [-0.3, -0.25) is 9.69 Å². The van der Waals surface area contributed by atoms with Crippen molar-refractivity contribution in [3.63, 3.8) is 0 Å². The van der Waals surface area contributed by atoms with Gasteiger partial charge in [-0.1, -0.05) is 152 Å². The van der Waals surface area contributed by atoms with E-state index in [0.29, 0.717) is 17.8 Å². The molecule has 1 aliphatic heterocycles. The number of aryl methyl sites for hydroxylation is 1. The normalized spacial score (nSPS) is 18.6. The zero-order valence-electron chi connectivity index (χ0n) is 33.4. The van der Waals surface area contributed by atoms with Gasteiger partial charge >= 0.3 is 0 Å². The summed E-state index contributed by atoms with van der Waals surface area (Å²) < 4.78 is 43.4. The van der Waals surface area contributed by atoms with E-state index < -0.39 is 28.3 Å². The Kier molecular flexibility index (Phi) is 13.8. The Hall–Kier alpha value is -5.46. The number of sulfonamides is 1. The first-order chi connectivity index (χ1) is 28.6. The van der Waals surface area contributed by atoms with Gasteiger partial charge in [0.2, 0.25) is 15.9 Å². The number of rotatable bonds is 16. The molecule has 6 aromatic carbocycles. The van der Waals surface area contributed by atoms with E-state index in [1.165, 1.54) is 23.3 Å². The molecule has 10 heteroatoms. The van der Waals surface area contributed by atoms with Gasteiger partial charge in [0.05, 0.1) is 23.7 Å². The third-order valence-corrected chi connectivity index (χ3v) is 12.2. The quantitative estimate of drug-likeness (QED) is 0.0898. The highest BCUT2D eigenvalue weighted by atomic mass is 32.2. The van der Waals surface area contributed by atoms with Crippen LogP contribution in [0.3, 0.4) is 0 Å². The number of nitrogens with zero attached hydrogens (tertiary/aromatic N) is 1. The standard InChI is InChI=1S/C49H51N3O6S/c1-35-21-27-44(28-22-35)59(55,56)51-45(29-37-13-6-3-7-14-37)48(54)50-43-20-12-19-42(30-43)49-57-46(36(2)47(58-49)41-25-23-40(34-53)24-26-41)33-52(31-38-15-8-4-9-16-38)32-39-17-10-5-11-18-39/h3-28,30,36,45-47,49,51,53H,29,31-34H2,1-2H3,(H,50,54)/t36-,45+,46+,47+,49+/m0/s1. The van der Waals surface area contributed by atoms with Crippen molar-refractivity contribution in [1.82, 2.24) is 9.62 Å². The van der Waals surface area contributed by atoms with Gasteiger partial charge in [-0.05, 0) is 65.4 Å². The molecule has 0 radical (unpaired) electrons. The number of carbonyl (C=O) groups excluding carboxylic acids is 1. The summed E-state index contributed by atoms with van der Waals surface area (Å²) >= 11 is 0. The van der Waals surface area contributed by atoms with Crippen molar-refractivity contribution in [3.8, 4) is 0 Å². The van der Waals surface area contributed by atoms with Crippen LogP contribution in [0, 0.1) is 12.8 Å². The largest absolute Gasteiger partial charge is 0.392 e. The molecular formula is C49H51N3O6S. The Morgan fingerprint density at radius 2 is 1.29 bits per heavy atom. The second kappa shape index (κ2) is 19.5. The van der Waals surface area contributed by atoms with Crippen molar-refractivity contribution in [3.05, 3.63) is 203 Å². The highest BCUT2D eigenvalue weighted by Gasteiger charge is 2.39. The average molecular weight is 810 g/mol. The van der Waals surface area contributed by atoms with Crippen LogP contribution in [0.5, 0.6) is 0 Å². The molecule has 0 aromatic heterocycles. The number of hydrogen-bond donors (Lipinski definition) is 3. The summed E-state index contributed by atoms with van der Waals surface area (Å²) in [7, 11) is -4.03. The molecule has 304 valence electrons. The van der Waals surface area contributed by atoms with E-state index in [0.717, 1.165) is 35.3 Å². The molecule has 6 aromatic rings. The van der Waals surface area contributed by atoms with Crippen LogP contribution < -0.4 is 10.0 Å². The Morgan fingerprint density at radius 3 is 1.88 bits per heavy atom. The van der Waals surface area contributed by atoms with E-state index >= 15 is 0 Å². The van der Waals surface area contributed by atoms with E-state index in [9.17, 15) is 18.3 Å². The number of benzene rings is 6. The summed E-state index contributed by atoms with van der Waals surface area (Å²) in [6, 6.07) is 50.7. The summed E-state index contributed by atoms with van der Waals surface area (Å²) in [5, 5.41) is 12.7. The summed E-state index contributed by atoms with van der Waals surface area (Å²) in [6.45, 7) is 6.05. The summed E-state index contributed by atoms with van der Waals surface area (Å²) in [6.07, 6.45) is -1.24. The van der Waals surface area contributed by atoms with Crippen LogP contribution in [0.1, 0.15) is 58.3 Å². The fourth-order valence-corrected chi connectivity index (χ4v) is 8.65. The van der Waals surface area contributed by atoms with Gasteiger partial charge in [-0.15, -0.1) is 0 Å². The molecule has 1 fully saturated rings. The predicted octanol–water partition coefficient (Wildman–Crippen LogP) is 8.51. The van der Waals surface area contributed by atoms with E-state index in [-0.39, 0.29) is 36.0 Å². The van der Waals surface area contributed by atoms with Crippen LogP contribution in [0.25, 0.3) is 0 Å². The van der Waals surface area contributed by atoms with Crippen LogP contribution in [0.15, 0.2) is 169 Å². The zero-order chi connectivity index (χ0) is 41.2. The molecule has 59 heavy (non-hydrogen) atoms. The lowest BCUT2D eigenvalue weighted by Gasteiger charge is -2.43. The third kappa shape index (κ3) is 11.2. The molecule has 1 heterocycles. The fourth-order valence-electron chi connectivity index (χ4n) is 7.45. The molecule has 0 spiro atoms. The van der Waals surface area contributed by atoms with Crippen molar-refractivity contribution in [1.29, 1.82) is 0 Å². The molecule has 1 aliphatic rings. The van der Waals surface area contributed by atoms with Gasteiger partial charge in [-0.2, -0.15) is 4.72 Å². The van der Waals surface area contributed by atoms with E-state index in [4.69, 9.17) is 9.47 Å². The van der Waals surface area contributed by atoms with Crippen molar-refractivity contribution in [2.24, 2.45) is 5.92 Å². The van der Waals surface area contributed by atoms with E-state index in [1.807, 2.05) is 91.9 Å². The molecular weight excluding hydrogens is 759 g/mol. The Balaban J connectivity index is 1.15. The number of hydrogen-bond acceptors (Lipinski definition) is 7. The molecule has 0 aliphatic carbocycles. The molecule has 0 unspecified atom stereocenters. The Morgan fingerprint density at radius 1 is 0.695 bits per heavy atom. The van der Waals surface area contributed by atoms with Crippen molar-refractivity contribution in [2.75, 3.05) is 11.9 Å². The monoisotopic (exact) mass is 809 g/mol. The van der Waals surface area contributed by atoms with Gasteiger partial charge in [0, 0.05) is 36.8 Å². The first-order valence-corrected chi connectivity index (χ1v) is 21.5. The Labute approximate surface area is 347 Å². The van der Waals surface area contributed by atoms with Crippen LogP contribution in [0.4, 0.5) is 5.69 Å². The smallest absolute Gasteiger partial charge is 0.242 e. The number of aliphatic hydroxyl groups excluding tert-OH is 1. The third-order valence-electron chi connectivity index (χ3n) is 10.7. The summed E-state index contributed by atoms with van der Waals surface area (Å²) in [4.78, 5) is 16.5. The Bertz CT molecular complexity index is 2320. The van der Waals surface area contributed by atoms with Crippen LogP contribution in [-0.2, 0) is 50.4 Å². The zero-order valence-corrected chi connectivity index (χ0v) is 34.2. The molecule has 7 rings (SSSR count). The number of nitrogens with one attached hydrogen (secondary N) is 2. The minimum atomic E-state index is -4.03. The van der Waals surface area contributed by atoms with Crippen molar-refractivity contribution >= 4 is 21.6 Å². The maximum atomic E-state index is 14.0. The predicted molar refractivity (Wildman–Crippen MR) is 230 cm³/mol. The van der Waals surface area contributed by atoms with E-state index in [1.54, 1.807) is 18.2 Å². The van der Waals surface area contributed by atoms with Crippen molar-refractivity contribution < 1.29 is 27.8 Å². The number of amides is 1. The van der Waals surface area contributed by atoms with Gasteiger partial charge in [-0.25, -0.2) is 8.42 Å². The first-order valence-electron chi connectivity index (χ1n) is 20.0. The number of ether oxygens (including phenoxy) is 2. The lowest BCUT2D eigenvalue weighted by molar-refractivity contribution is -0.276. The number of anilines is 1. The lowest BCUT2D eigenvalue weighted by Crippen LogP contribution is -2.45. The topological polar surface area (TPSA) is 117 Å². The minimum absolute atomic E-state index is 0.0524. The first kappa shape index (κ1) is 41.7. The van der Waals surface area contributed by atoms with Crippen LogP contribution >= 0.6 is 0 Å². The molecule has 0 bridgehead atoms. The van der Waals surface area contributed by atoms with Crippen molar-refractivity contribution in [2.45, 2.75) is 69.4 Å². The van der Waals surface area contributed by atoms with Gasteiger partial charge in [0.25, 0.3) is 0 Å². The van der Waals surface area contributed by atoms with Crippen LogP contribution in [-0.4, -0.2) is 43.0 Å². The number of carbonyl (C=O) groups is 1. The molecule has 1 amide bonds. The maximum Gasteiger partial charge on any atom is 0.242 e. The lowest BCUT2D eigenvalue weighted by atomic mass is 9.89. The number of aliphatic hydroxyl groups is 1. The van der Waals surface area contributed by atoms with Gasteiger partial charge < -0.3 is 19.9 Å². The molecule has 9 nitrogen and oxygen atoms in total. The van der Waals surface area contributed by atoms with E-state index in [2.05, 4.69) is 70.4 Å². The molecule has 3 N–H and O–H groups in total. The molecule has 1 saturated heterocycles. The summed E-state index contributed by atoms with van der Waals surface area (Å²) in [5.41, 5.74) is 7.10. The van der Waals surface area contributed by atoms with Gasteiger partial charge in [0.15, 0.2) is 6.29 Å². The highest BCUT2D eigenvalue weighted by Crippen LogP contribution is 2.42. The van der Waals surface area contributed by atoms with Crippen LogP contribution in [0.2, 0.25) is 0 Å². The van der Waals surface area contributed by atoms with Gasteiger partial charge in [0.1, 0.15) is 6.04 Å². The molecule has 5 atom stereocenters. The fraction of sp³-hybridized carbons (Fsp3) is 0.245. The minimum Gasteiger partial charge on any atom is -0.392 e. The summed E-state index contributed by atoms with van der Waals surface area (Å²) in [5.74, 6) is -0.554. The SMILES string of the molecule is Cc1ccc(S(=O)(=O)N[C@H](Cc2ccccc2)C(=O)Nc2cccc([C@@H]3O[C@H](CN(Cc4ccccc4)Cc4ccccc4)[C@H](C)[C@H](c4ccc(CO)cc4)O3)c2)cc1.